The van der Waals surface area contributed by atoms with Crippen molar-refractivity contribution in [3.63, 3.8) is 0 Å². The zero-order chi connectivity index (χ0) is 25.7. The van der Waals surface area contributed by atoms with Crippen LogP contribution in [0.5, 0.6) is 11.5 Å². The Balaban J connectivity index is 1.76. The normalized spacial score (nSPS) is 19.5. The second-order valence-corrected chi connectivity index (χ2v) is 8.88. The van der Waals surface area contributed by atoms with Crippen LogP contribution in [-0.4, -0.2) is 45.8 Å². The summed E-state index contributed by atoms with van der Waals surface area (Å²) in [5, 5.41) is 3.38. The van der Waals surface area contributed by atoms with Crippen molar-refractivity contribution in [3.05, 3.63) is 82.2 Å². The van der Waals surface area contributed by atoms with E-state index < -0.39 is 11.9 Å². The number of hydrogen-bond donors (Lipinski definition) is 1. The Morgan fingerprint density at radius 1 is 0.972 bits per heavy atom. The van der Waals surface area contributed by atoms with Crippen LogP contribution >= 0.6 is 0 Å². The number of dihydropyridines is 1. The fourth-order valence-electron chi connectivity index (χ4n) is 5.05. The SMILES string of the molecule is CCOCCOC(=O)C1=C(C)NC2=C(C(=O)C[C@H](c3ccccc3)C2)[C@H]1c1ccc(OC)c(OC)c1. The quantitative estimate of drug-likeness (QED) is 0.404. The first-order valence-corrected chi connectivity index (χ1v) is 12.2. The van der Waals surface area contributed by atoms with Crippen LogP contribution in [0.4, 0.5) is 0 Å². The zero-order valence-electron chi connectivity index (χ0n) is 21.3. The number of benzene rings is 2. The van der Waals surface area contributed by atoms with Gasteiger partial charge in [0.2, 0.25) is 0 Å². The van der Waals surface area contributed by atoms with Crippen LogP contribution in [0.15, 0.2) is 71.1 Å². The monoisotopic (exact) mass is 491 g/mol. The van der Waals surface area contributed by atoms with Crippen LogP contribution in [0.25, 0.3) is 0 Å². The van der Waals surface area contributed by atoms with Crippen molar-refractivity contribution < 1.29 is 28.5 Å². The number of nitrogens with one attached hydrogen (secondary N) is 1. The van der Waals surface area contributed by atoms with Crippen LogP contribution in [0.3, 0.4) is 0 Å². The van der Waals surface area contributed by atoms with E-state index in [1.165, 1.54) is 0 Å². The Morgan fingerprint density at radius 3 is 2.42 bits per heavy atom. The fraction of sp³-hybridized carbons (Fsp3) is 0.379. The number of carbonyl (C=O) groups excluding carboxylic acids is 2. The highest BCUT2D eigenvalue weighted by atomic mass is 16.6. The summed E-state index contributed by atoms with van der Waals surface area (Å²) in [5.74, 6) is 0.148. The summed E-state index contributed by atoms with van der Waals surface area (Å²) in [5.41, 5.74) is 4.45. The number of Topliss-reactive ketones (excluding diaryl/α,β-unsaturated/α-hetero) is 1. The fourth-order valence-corrected chi connectivity index (χ4v) is 5.05. The lowest BCUT2D eigenvalue weighted by Crippen LogP contribution is -2.36. The molecule has 7 nitrogen and oxygen atoms in total. The molecule has 0 spiro atoms. The van der Waals surface area contributed by atoms with E-state index in [2.05, 4.69) is 17.4 Å². The standard InChI is InChI=1S/C29H33NO6/c1-5-35-13-14-36-29(32)26-18(2)30-22-15-21(19-9-7-6-8-10-19)16-23(31)28(22)27(26)20-11-12-24(33-3)25(17-20)34-4/h6-12,17,21,27,30H,5,13-16H2,1-4H3/t21-,27+/m1/s1. The average molecular weight is 492 g/mol. The third kappa shape index (κ3) is 5.16. The first-order valence-electron chi connectivity index (χ1n) is 12.2. The molecule has 2 aliphatic rings. The molecule has 4 rings (SSSR count). The van der Waals surface area contributed by atoms with Crippen LogP contribution in [0, 0.1) is 0 Å². The zero-order valence-corrected chi connectivity index (χ0v) is 21.3. The molecule has 0 saturated carbocycles. The minimum Gasteiger partial charge on any atom is -0.493 e. The van der Waals surface area contributed by atoms with Crippen LogP contribution in [-0.2, 0) is 19.1 Å². The molecule has 0 amide bonds. The highest BCUT2D eigenvalue weighted by molar-refractivity contribution is 6.04. The number of allylic oxidation sites excluding steroid dienone is 3. The minimum atomic E-state index is -0.579. The Labute approximate surface area is 212 Å². The van der Waals surface area contributed by atoms with Crippen molar-refractivity contribution in [2.24, 2.45) is 0 Å². The maximum absolute atomic E-state index is 13.7. The van der Waals surface area contributed by atoms with Gasteiger partial charge in [0.15, 0.2) is 17.3 Å². The number of ketones is 1. The van der Waals surface area contributed by atoms with E-state index >= 15 is 0 Å². The molecule has 0 unspecified atom stereocenters. The number of ether oxygens (including phenoxy) is 4. The summed E-state index contributed by atoms with van der Waals surface area (Å²) in [6.45, 7) is 4.74. The molecule has 0 bridgehead atoms. The molecule has 7 heteroatoms. The molecule has 1 aliphatic carbocycles. The van der Waals surface area contributed by atoms with Gasteiger partial charge < -0.3 is 24.3 Å². The number of methoxy groups -OCH3 is 2. The molecule has 1 N–H and O–H groups in total. The van der Waals surface area contributed by atoms with E-state index in [0.717, 1.165) is 16.8 Å². The Bertz CT molecular complexity index is 1180. The predicted octanol–water partition coefficient (Wildman–Crippen LogP) is 4.65. The van der Waals surface area contributed by atoms with Gasteiger partial charge in [0.25, 0.3) is 0 Å². The molecule has 0 saturated heterocycles. The number of esters is 1. The summed E-state index contributed by atoms with van der Waals surface area (Å²) in [6.07, 6.45) is 1.05. The van der Waals surface area contributed by atoms with Crippen molar-refractivity contribution in [1.82, 2.24) is 5.32 Å². The molecule has 0 fully saturated rings. The topological polar surface area (TPSA) is 83.1 Å². The van der Waals surface area contributed by atoms with Crippen molar-refractivity contribution in [1.29, 1.82) is 0 Å². The summed E-state index contributed by atoms with van der Waals surface area (Å²) >= 11 is 0. The molecule has 190 valence electrons. The largest absolute Gasteiger partial charge is 0.493 e. The second kappa shape index (κ2) is 11.4. The van der Waals surface area contributed by atoms with E-state index in [9.17, 15) is 9.59 Å². The molecule has 0 aromatic heterocycles. The average Bonchev–Trinajstić information content (AvgIpc) is 2.90. The first kappa shape index (κ1) is 25.5. The molecule has 36 heavy (non-hydrogen) atoms. The lowest BCUT2D eigenvalue weighted by molar-refractivity contribution is -0.140. The highest BCUT2D eigenvalue weighted by Crippen LogP contribution is 2.47. The third-order valence-electron chi connectivity index (χ3n) is 6.72. The molecule has 2 atom stereocenters. The lowest BCUT2D eigenvalue weighted by Gasteiger charge is -2.36. The van der Waals surface area contributed by atoms with Gasteiger partial charge in [-0.25, -0.2) is 4.79 Å². The van der Waals surface area contributed by atoms with Gasteiger partial charge in [-0.2, -0.15) is 0 Å². The predicted molar refractivity (Wildman–Crippen MR) is 136 cm³/mol. The maximum atomic E-state index is 13.7. The lowest BCUT2D eigenvalue weighted by atomic mass is 9.71. The van der Waals surface area contributed by atoms with E-state index in [4.69, 9.17) is 18.9 Å². The van der Waals surface area contributed by atoms with Gasteiger partial charge in [-0.05, 0) is 49.4 Å². The van der Waals surface area contributed by atoms with Crippen molar-refractivity contribution in [3.8, 4) is 11.5 Å². The smallest absolute Gasteiger partial charge is 0.336 e. The second-order valence-electron chi connectivity index (χ2n) is 8.88. The van der Waals surface area contributed by atoms with Crippen LogP contribution < -0.4 is 14.8 Å². The maximum Gasteiger partial charge on any atom is 0.336 e. The van der Waals surface area contributed by atoms with Gasteiger partial charge in [-0.1, -0.05) is 36.4 Å². The van der Waals surface area contributed by atoms with Gasteiger partial charge in [0.1, 0.15) is 6.61 Å². The number of carbonyl (C=O) groups is 2. The van der Waals surface area contributed by atoms with Crippen molar-refractivity contribution >= 4 is 11.8 Å². The van der Waals surface area contributed by atoms with Crippen molar-refractivity contribution in [2.45, 2.75) is 38.5 Å². The summed E-state index contributed by atoms with van der Waals surface area (Å²) in [4.78, 5) is 27.0. The van der Waals surface area contributed by atoms with Crippen LogP contribution in [0.1, 0.15) is 49.7 Å². The Hall–Kier alpha value is -3.58. The van der Waals surface area contributed by atoms with Crippen LogP contribution in [0.2, 0.25) is 0 Å². The number of hydrogen-bond acceptors (Lipinski definition) is 7. The molecular weight excluding hydrogens is 458 g/mol. The Morgan fingerprint density at radius 2 is 1.72 bits per heavy atom. The molecule has 1 heterocycles. The van der Waals surface area contributed by atoms with E-state index in [1.54, 1.807) is 20.3 Å². The first-order chi connectivity index (χ1) is 17.5. The van der Waals surface area contributed by atoms with Gasteiger partial charge in [0.05, 0.1) is 26.4 Å². The van der Waals surface area contributed by atoms with Gasteiger partial charge in [0, 0.05) is 35.9 Å². The summed E-state index contributed by atoms with van der Waals surface area (Å²) in [7, 11) is 3.14. The van der Waals surface area contributed by atoms with Gasteiger partial charge in [-0.15, -0.1) is 0 Å². The molecular formula is C29H33NO6. The number of rotatable bonds is 9. The van der Waals surface area contributed by atoms with Crippen molar-refractivity contribution in [2.75, 3.05) is 34.0 Å². The highest BCUT2D eigenvalue weighted by Gasteiger charge is 2.41. The van der Waals surface area contributed by atoms with E-state index in [1.807, 2.05) is 44.2 Å². The molecule has 2 aromatic rings. The minimum absolute atomic E-state index is 0.0181. The molecule has 2 aromatic carbocycles. The third-order valence-corrected chi connectivity index (χ3v) is 6.72. The van der Waals surface area contributed by atoms with Gasteiger partial charge >= 0.3 is 5.97 Å². The summed E-state index contributed by atoms with van der Waals surface area (Å²) < 4.78 is 21.8. The Kier molecular flexibility index (Phi) is 8.10. The van der Waals surface area contributed by atoms with E-state index in [-0.39, 0.29) is 18.3 Å². The summed E-state index contributed by atoms with van der Waals surface area (Å²) in [6, 6.07) is 15.6. The molecule has 1 aliphatic heterocycles. The van der Waals surface area contributed by atoms with E-state index in [0.29, 0.717) is 54.4 Å². The van der Waals surface area contributed by atoms with Gasteiger partial charge in [-0.3, -0.25) is 4.79 Å². The molecule has 0 radical (unpaired) electrons.